The van der Waals surface area contributed by atoms with E-state index in [9.17, 15) is 4.79 Å². The van der Waals surface area contributed by atoms with E-state index in [0.717, 1.165) is 50.4 Å². The lowest BCUT2D eigenvalue weighted by molar-refractivity contribution is 0.0693. The number of benzene rings is 2. The first kappa shape index (κ1) is 22.8. The largest absolute Gasteiger partial charge is 0.378 e. The Balaban J connectivity index is 1.27. The van der Waals surface area contributed by atoms with Crippen LogP contribution in [0.5, 0.6) is 0 Å². The van der Waals surface area contributed by atoms with Crippen LogP contribution < -0.4 is 5.32 Å². The minimum atomic E-state index is -0.0231. The van der Waals surface area contributed by atoms with E-state index in [2.05, 4.69) is 55.4 Å². The van der Waals surface area contributed by atoms with E-state index in [-0.39, 0.29) is 11.9 Å². The number of carbonyl (C=O) groups excluding carboxylic acids is 1. The number of hydrogen-bond donors (Lipinski definition) is 1. The first-order valence-corrected chi connectivity index (χ1v) is 13.0. The molecule has 2 fully saturated rings. The van der Waals surface area contributed by atoms with Gasteiger partial charge in [-0.1, -0.05) is 18.2 Å². The molecule has 2 aliphatic rings. The molecule has 0 bridgehead atoms. The van der Waals surface area contributed by atoms with Crippen LogP contribution in [0.2, 0.25) is 0 Å². The summed E-state index contributed by atoms with van der Waals surface area (Å²) in [4.78, 5) is 18.4. The van der Waals surface area contributed by atoms with Crippen molar-refractivity contribution in [3.63, 3.8) is 0 Å². The van der Waals surface area contributed by atoms with Crippen molar-refractivity contribution in [3.8, 4) is 5.69 Å². The number of rotatable bonds is 7. The Labute approximate surface area is 211 Å². The number of aromatic nitrogens is 4. The van der Waals surface area contributed by atoms with Gasteiger partial charge in [0, 0.05) is 54.7 Å². The molecule has 1 N–H and O–H groups in total. The van der Waals surface area contributed by atoms with Crippen molar-refractivity contribution in [2.75, 3.05) is 31.5 Å². The number of anilines is 1. The van der Waals surface area contributed by atoms with Gasteiger partial charge in [-0.15, -0.1) is 10.2 Å². The molecular weight excluding hydrogens is 450 g/mol. The summed E-state index contributed by atoms with van der Waals surface area (Å²) in [6.07, 6.45) is 6.68. The predicted octanol–water partition coefficient (Wildman–Crippen LogP) is 4.07. The maximum Gasteiger partial charge on any atom is 0.292 e. The number of fused-ring (bicyclic) bond motifs is 1. The van der Waals surface area contributed by atoms with Gasteiger partial charge < -0.3 is 19.7 Å². The number of carbonyl (C=O) groups is 1. The molecule has 4 heterocycles. The molecule has 0 aliphatic carbocycles. The number of nitrogens with one attached hydrogen (secondary N) is 1. The standard InChI is InChI=1S/C28H33N7O/c1-32-17-13-21-18-22(11-12-25(21)32)29-19-26-30-31-27(35(26)23-8-3-2-4-9-23)28(36)34-16-7-10-24(34)20-33-14-5-6-15-33/h2-4,8-9,11-13,17-18,24,29H,5-7,10,14-16,19-20H2,1H3/t24-/m1/s1. The van der Waals surface area contributed by atoms with Crippen LogP contribution in [-0.2, 0) is 13.6 Å². The van der Waals surface area contributed by atoms with Gasteiger partial charge in [0.2, 0.25) is 5.82 Å². The Kier molecular flexibility index (Phi) is 6.19. The fourth-order valence-electron chi connectivity index (χ4n) is 5.68. The summed E-state index contributed by atoms with van der Waals surface area (Å²) in [7, 11) is 2.05. The van der Waals surface area contributed by atoms with Crippen molar-refractivity contribution in [1.82, 2.24) is 29.1 Å². The van der Waals surface area contributed by atoms with Crippen LogP contribution in [0, 0.1) is 0 Å². The van der Waals surface area contributed by atoms with Crippen molar-refractivity contribution in [2.24, 2.45) is 7.05 Å². The quantitative estimate of drug-likeness (QED) is 0.429. The van der Waals surface area contributed by atoms with Gasteiger partial charge in [-0.2, -0.15) is 0 Å². The van der Waals surface area contributed by atoms with Gasteiger partial charge in [-0.25, -0.2) is 0 Å². The zero-order chi connectivity index (χ0) is 24.5. The number of aryl methyl sites for hydroxylation is 1. The summed E-state index contributed by atoms with van der Waals surface area (Å²) in [5.41, 5.74) is 3.10. The molecule has 2 aliphatic heterocycles. The van der Waals surface area contributed by atoms with E-state index in [0.29, 0.717) is 18.2 Å². The molecule has 8 heteroatoms. The summed E-state index contributed by atoms with van der Waals surface area (Å²) in [5, 5.41) is 13.6. The average Bonchev–Trinajstić information content (AvgIpc) is 3.71. The van der Waals surface area contributed by atoms with E-state index in [1.54, 1.807) is 0 Å². The van der Waals surface area contributed by atoms with Gasteiger partial charge in [0.05, 0.1) is 6.54 Å². The van der Waals surface area contributed by atoms with Gasteiger partial charge in [-0.3, -0.25) is 9.36 Å². The molecule has 4 aromatic rings. The van der Waals surface area contributed by atoms with Crippen LogP contribution in [0.15, 0.2) is 60.8 Å². The maximum atomic E-state index is 13.8. The van der Waals surface area contributed by atoms with Crippen molar-refractivity contribution in [2.45, 2.75) is 38.3 Å². The summed E-state index contributed by atoms with van der Waals surface area (Å²) < 4.78 is 4.03. The molecule has 186 valence electrons. The van der Waals surface area contributed by atoms with Crippen LogP contribution in [-0.4, -0.2) is 67.3 Å². The lowest BCUT2D eigenvalue weighted by Crippen LogP contribution is -2.43. The number of amides is 1. The molecule has 0 unspecified atom stereocenters. The zero-order valence-electron chi connectivity index (χ0n) is 20.8. The molecule has 0 spiro atoms. The van der Waals surface area contributed by atoms with Gasteiger partial charge in [0.15, 0.2) is 5.82 Å². The number of nitrogens with zero attached hydrogens (tertiary/aromatic N) is 6. The van der Waals surface area contributed by atoms with Gasteiger partial charge in [-0.05, 0) is 75.2 Å². The summed E-state index contributed by atoms with van der Waals surface area (Å²) in [6.45, 7) is 4.49. The second-order valence-corrected chi connectivity index (χ2v) is 9.97. The van der Waals surface area contributed by atoms with Gasteiger partial charge in [0.25, 0.3) is 5.91 Å². The Bertz CT molecular complexity index is 1350. The summed E-state index contributed by atoms with van der Waals surface area (Å²) in [6, 6.07) is 18.6. The number of hydrogen-bond acceptors (Lipinski definition) is 5. The van der Waals surface area contributed by atoms with Crippen LogP contribution in [0.25, 0.3) is 16.6 Å². The Hall–Kier alpha value is -3.65. The highest BCUT2D eigenvalue weighted by Crippen LogP contribution is 2.25. The van der Waals surface area contributed by atoms with Crippen molar-refractivity contribution in [1.29, 1.82) is 0 Å². The first-order chi connectivity index (χ1) is 17.7. The number of para-hydroxylation sites is 1. The SMILES string of the molecule is Cn1ccc2cc(NCc3nnc(C(=O)N4CCC[C@@H]4CN4CCCC4)n3-c3ccccc3)ccc21. The lowest BCUT2D eigenvalue weighted by Gasteiger charge is -2.28. The predicted molar refractivity (Wildman–Crippen MR) is 141 cm³/mol. The molecule has 36 heavy (non-hydrogen) atoms. The molecule has 2 saturated heterocycles. The molecule has 1 amide bonds. The van der Waals surface area contributed by atoms with Crippen molar-refractivity contribution in [3.05, 3.63) is 72.4 Å². The van der Waals surface area contributed by atoms with Gasteiger partial charge >= 0.3 is 0 Å². The topological polar surface area (TPSA) is 71.2 Å². The van der Waals surface area contributed by atoms with E-state index in [4.69, 9.17) is 0 Å². The molecule has 1 atom stereocenters. The van der Waals surface area contributed by atoms with Crippen LogP contribution in [0.4, 0.5) is 5.69 Å². The minimum Gasteiger partial charge on any atom is -0.378 e. The Morgan fingerprint density at radius 3 is 2.67 bits per heavy atom. The van der Waals surface area contributed by atoms with E-state index >= 15 is 0 Å². The van der Waals surface area contributed by atoms with E-state index < -0.39 is 0 Å². The second-order valence-electron chi connectivity index (χ2n) is 9.97. The summed E-state index contributed by atoms with van der Waals surface area (Å²) >= 11 is 0. The third-order valence-electron chi connectivity index (χ3n) is 7.58. The average molecular weight is 484 g/mol. The van der Waals surface area contributed by atoms with Crippen LogP contribution in [0.1, 0.15) is 42.1 Å². The highest BCUT2D eigenvalue weighted by atomic mass is 16.2. The highest BCUT2D eigenvalue weighted by Gasteiger charge is 2.34. The van der Waals surface area contributed by atoms with Crippen LogP contribution >= 0.6 is 0 Å². The molecule has 0 saturated carbocycles. The maximum absolute atomic E-state index is 13.8. The normalized spacial score (nSPS) is 18.4. The smallest absolute Gasteiger partial charge is 0.292 e. The van der Waals surface area contributed by atoms with E-state index in [1.807, 2.05) is 46.8 Å². The molecule has 2 aromatic heterocycles. The first-order valence-electron chi connectivity index (χ1n) is 13.0. The lowest BCUT2D eigenvalue weighted by atomic mass is 10.2. The zero-order valence-corrected chi connectivity index (χ0v) is 20.8. The third-order valence-corrected chi connectivity index (χ3v) is 7.58. The molecular formula is C28H33N7O. The molecule has 2 aromatic carbocycles. The second kappa shape index (κ2) is 9.78. The fourth-order valence-corrected chi connectivity index (χ4v) is 5.68. The molecule has 8 nitrogen and oxygen atoms in total. The van der Waals surface area contributed by atoms with Crippen molar-refractivity contribution < 1.29 is 4.79 Å². The van der Waals surface area contributed by atoms with E-state index in [1.165, 1.54) is 23.7 Å². The van der Waals surface area contributed by atoms with Crippen LogP contribution in [0.3, 0.4) is 0 Å². The summed E-state index contributed by atoms with van der Waals surface area (Å²) in [5.74, 6) is 1.09. The third kappa shape index (κ3) is 4.37. The van der Waals surface area contributed by atoms with Crippen molar-refractivity contribution >= 4 is 22.5 Å². The molecule has 0 radical (unpaired) electrons. The Morgan fingerprint density at radius 1 is 1.00 bits per heavy atom. The highest BCUT2D eigenvalue weighted by molar-refractivity contribution is 5.92. The minimum absolute atomic E-state index is 0.0231. The fraction of sp³-hybridized carbons (Fsp3) is 0.393. The van der Waals surface area contributed by atoms with Gasteiger partial charge in [0.1, 0.15) is 0 Å². The molecule has 6 rings (SSSR count). The Morgan fingerprint density at radius 2 is 1.83 bits per heavy atom. The number of likely N-dealkylation sites (tertiary alicyclic amines) is 2. The monoisotopic (exact) mass is 483 g/mol.